The fourth-order valence-corrected chi connectivity index (χ4v) is 2.86. The fraction of sp³-hybridized carbons (Fsp3) is 0.538. The van der Waals surface area contributed by atoms with E-state index in [-0.39, 0.29) is 11.5 Å². The molecule has 0 spiro atoms. The van der Waals surface area contributed by atoms with Gasteiger partial charge in [0, 0.05) is 6.54 Å². The van der Waals surface area contributed by atoms with Gasteiger partial charge in [-0.25, -0.2) is 13.1 Å². The van der Waals surface area contributed by atoms with Gasteiger partial charge in [0.15, 0.2) is 0 Å². The first-order chi connectivity index (χ1) is 8.53. The van der Waals surface area contributed by atoms with Gasteiger partial charge in [-0.2, -0.15) is 0 Å². The zero-order valence-corrected chi connectivity index (χ0v) is 11.5. The molecule has 1 aromatic rings. The van der Waals surface area contributed by atoms with Crippen LogP contribution in [0.3, 0.4) is 0 Å². The molecule has 5 heteroatoms. The third-order valence-corrected chi connectivity index (χ3v) is 4.14. The minimum atomic E-state index is -3.09. The Balaban J connectivity index is 2.24. The van der Waals surface area contributed by atoms with Crippen LogP contribution in [0.5, 0.6) is 5.75 Å². The van der Waals surface area contributed by atoms with Gasteiger partial charge in [-0.3, -0.25) is 0 Å². The van der Waals surface area contributed by atoms with E-state index in [1.54, 1.807) is 12.1 Å². The number of hydrogen-bond acceptors (Lipinski definition) is 3. The van der Waals surface area contributed by atoms with Gasteiger partial charge in [0.05, 0.1) is 5.75 Å². The molecule has 0 saturated heterocycles. The summed E-state index contributed by atoms with van der Waals surface area (Å²) < 4.78 is 25.6. The van der Waals surface area contributed by atoms with Gasteiger partial charge in [-0.1, -0.05) is 25.5 Å². The van der Waals surface area contributed by atoms with Gasteiger partial charge in [0.25, 0.3) is 0 Å². The summed E-state index contributed by atoms with van der Waals surface area (Å²) in [7, 11) is -3.09. The number of rotatable bonds is 8. The monoisotopic (exact) mass is 271 g/mol. The summed E-state index contributed by atoms with van der Waals surface area (Å²) in [5, 5.41) is 9.13. The Hall–Kier alpha value is -1.07. The lowest BCUT2D eigenvalue weighted by molar-refractivity contribution is 0.475. The molecular formula is C13H21NO3S. The largest absolute Gasteiger partial charge is 0.508 e. The van der Waals surface area contributed by atoms with E-state index >= 15 is 0 Å². The summed E-state index contributed by atoms with van der Waals surface area (Å²) in [4.78, 5) is 0. The van der Waals surface area contributed by atoms with Crippen molar-refractivity contribution in [3.05, 3.63) is 29.8 Å². The number of hydrogen-bond donors (Lipinski definition) is 2. The summed E-state index contributed by atoms with van der Waals surface area (Å²) in [5.41, 5.74) is 1.10. The molecule has 0 fully saturated rings. The van der Waals surface area contributed by atoms with Crippen LogP contribution in [-0.2, 0) is 16.4 Å². The number of aromatic hydroxyl groups is 1. The van der Waals surface area contributed by atoms with Crippen LogP contribution in [0, 0.1) is 0 Å². The number of aryl methyl sites for hydroxylation is 1. The molecule has 0 unspecified atom stereocenters. The van der Waals surface area contributed by atoms with E-state index in [9.17, 15) is 8.42 Å². The number of sulfonamides is 1. The molecule has 0 saturated carbocycles. The van der Waals surface area contributed by atoms with Gasteiger partial charge in [-0.15, -0.1) is 0 Å². The average Bonchev–Trinajstić information content (AvgIpc) is 2.34. The second-order valence-electron chi connectivity index (χ2n) is 4.34. The topological polar surface area (TPSA) is 66.4 Å². The molecule has 0 atom stereocenters. The molecule has 0 aliphatic heterocycles. The highest BCUT2D eigenvalue weighted by atomic mass is 32.2. The minimum Gasteiger partial charge on any atom is -0.508 e. The van der Waals surface area contributed by atoms with E-state index in [2.05, 4.69) is 4.72 Å². The Morgan fingerprint density at radius 1 is 1.17 bits per heavy atom. The van der Waals surface area contributed by atoms with Crippen molar-refractivity contribution in [2.75, 3.05) is 12.3 Å². The first-order valence-electron chi connectivity index (χ1n) is 6.29. The quantitative estimate of drug-likeness (QED) is 0.711. The van der Waals surface area contributed by atoms with E-state index in [1.807, 2.05) is 19.1 Å². The summed E-state index contributed by atoms with van der Waals surface area (Å²) in [6, 6.07) is 6.98. The number of nitrogens with one attached hydrogen (secondary N) is 1. The van der Waals surface area contributed by atoms with Crippen LogP contribution in [0.2, 0.25) is 0 Å². The van der Waals surface area contributed by atoms with Crippen LogP contribution in [-0.4, -0.2) is 25.8 Å². The molecule has 0 radical (unpaired) electrons. The van der Waals surface area contributed by atoms with Crippen molar-refractivity contribution < 1.29 is 13.5 Å². The first-order valence-corrected chi connectivity index (χ1v) is 7.94. The van der Waals surface area contributed by atoms with E-state index in [1.165, 1.54) is 0 Å². The molecule has 2 N–H and O–H groups in total. The third-order valence-electron chi connectivity index (χ3n) is 2.67. The molecule has 0 aromatic heterocycles. The minimum absolute atomic E-state index is 0.211. The Morgan fingerprint density at radius 2 is 1.83 bits per heavy atom. The van der Waals surface area contributed by atoms with Crippen molar-refractivity contribution in [1.29, 1.82) is 0 Å². The fourth-order valence-electron chi connectivity index (χ4n) is 1.59. The van der Waals surface area contributed by atoms with Crippen molar-refractivity contribution in [1.82, 2.24) is 4.72 Å². The first kappa shape index (κ1) is 15.0. The standard InChI is InChI=1S/C13H21NO3S/c1-2-3-11-18(16,17)14-10-4-5-12-6-8-13(15)9-7-12/h6-9,14-15H,2-5,10-11H2,1H3. The van der Waals surface area contributed by atoms with Crippen LogP contribution < -0.4 is 4.72 Å². The highest BCUT2D eigenvalue weighted by Gasteiger charge is 2.07. The van der Waals surface area contributed by atoms with Crippen molar-refractivity contribution in [2.45, 2.75) is 32.6 Å². The Labute approximate surface area is 109 Å². The van der Waals surface area contributed by atoms with Crippen molar-refractivity contribution in [3.8, 4) is 5.75 Å². The Bertz CT molecular complexity index is 440. The number of phenols is 1. The smallest absolute Gasteiger partial charge is 0.211 e. The zero-order valence-electron chi connectivity index (χ0n) is 10.7. The summed E-state index contributed by atoms with van der Waals surface area (Å²) in [5.74, 6) is 0.460. The molecule has 0 heterocycles. The third kappa shape index (κ3) is 6.02. The second-order valence-corrected chi connectivity index (χ2v) is 6.26. The van der Waals surface area contributed by atoms with Gasteiger partial charge >= 0.3 is 0 Å². The second kappa shape index (κ2) is 7.38. The lowest BCUT2D eigenvalue weighted by atomic mass is 10.1. The lowest BCUT2D eigenvalue weighted by Gasteiger charge is -2.06. The molecular weight excluding hydrogens is 250 g/mol. The molecule has 0 aliphatic carbocycles. The predicted molar refractivity (Wildman–Crippen MR) is 73.1 cm³/mol. The van der Waals surface area contributed by atoms with Gasteiger partial charge in [-0.05, 0) is 37.0 Å². The SMILES string of the molecule is CCCCS(=O)(=O)NCCCc1ccc(O)cc1. The molecule has 0 aliphatic rings. The molecule has 1 aromatic carbocycles. The van der Waals surface area contributed by atoms with E-state index in [0.717, 1.165) is 24.8 Å². The van der Waals surface area contributed by atoms with E-state index < -0.39 is 10.0 Å². The zero-order chi connectivity index (χ0) is 13.4. The van der Waals surface area contributed by atoms with Crippen molar-refractivity contribution in [3.63, 3.8) is 0 Å². The molecule has 102 valence electrons. The Morgan fingerprint density at radius 3 is 2.44 bits per heavy atom. The predicted octanol–water partition coefficient (Wildman–Crippen LogP) is 2.04. The van der Waals surface area contributed by atoms with Crippen LogP contribution in [0.1, 0.15) is 31.7 Å². The van der Waals surface area contributed by atoms with Crippen molar-refractivity contribution >= 4 is 10.0 Å². The van der Waals surface area contributed by atoms with Gasteiger partial charge in [0.1, 0.15) is 5.75 Å². The molecule has 0 amide bonds. The average molecular weight is 271 g/mol. The highest BCUT2D eigenvalue weighted by Crippen LogP contribution is 2.10. The van der Waals surface area contributed by atoms with E-state index in [0.29, 0.717) is 13.0 Å². The molecule has 1 rings (SSSR count). The summed E-state index contributed by atoms with van der Waals surface area (Å²) in [6.07, 6.45) is 3.15. The normalized spacial score (nSPS) is 11.6. The van der Waals surface area contributed by atoms with Gasteiger partial charge in [0.2, 0.25) is 10.0 Å². The molecule has 0 bridgehead atoms. The number of benzene rings is 1. The molecule has 4 nitrogen and oxygen atoms in total. The number of phenolic OH excluding ortho intramolecular Hbond substituents is 1. The maximum absolute atomic E-state index is 11.5. The Kier molecular flexibility index (Phi) is 6.15. The maximum atomic E-state index is 11.5. The van der Waals surface area contributed by atoms with Crippen molar-refractivity contribution in [2.24, 2.45) is 0 Å². The maximum Gasteiger partial charge on any atom is 0.211 e. The van der Waals surface area contributed by atoms with Gasteiger partial charge < -0.3 is 5.11 Å². The summed E-state index contributed by atoms with van der Waals surface area (Å²) in [6.45, 7) is 2.44. The van der Waals surface area contributed by atoms with Crippen LogP contribution >= 0.6 is 0 Å². The highest BCUT2D eigenvalue weighted by molar-refractivity contribution is 7.89. The lowest BCUT2D eigenvalue weighted by Crippen LogP contribution is -2.27. The van der Waals surface area contributed by atoms with Crippen LogP contribution in [0.15, 0.2) is 24.3 Å². The number of unbranched alkanes of at least 4 members (excludes halogenated alkanes) is 1. The van der Waals surface area contributed by atoms with Crippen LogP contribution in [0.25, 0.3) is 0 Å². The molecule has 18 heavy (non-hydrogen) atoms. The van der Waals surface area contributed by atoms with E-state index in [4.69, 9.17) is 5.11 Å². The summed E-state index contributed by atoms with van der Waals surface area (Å²) >= 11 is 0. The van der Waals surface area contributed by atoms with Crippen LogP contribution in [0.4, 0.5) is 0 Å².